The number of primary amides is 1. The second-order valence-corrected chi connectivity index (χ2v) is 8.68. The van der Waals surface area contributed by atoms with Crippen LogP contribution in [0.25, 0.3) is 22.4 Å². The fraction of sp³-hybridized carbons (Fsp3) is 0.100. The standard InChI is InChI=1S/C30H26N4O5/c1-37-22-10-6-21(7-11-22)32-30(36)20-5-16-27-26(17-20)33-29(34(27)18-28(31)35)19-3-8-24(9-4-19)39-25-14-12-23(38-2)13-15-25/h3-17H,18H2,1-2H3,(H2,31,35)(H,32,36). The van der Waals surface area contributed by atoms with E-state index in [1.165, 1.54) is 0 Å². The van der Waals surface area contributed by atoms with Crippen molar-refractivity contribution in [2.45, 2.75) is 6.54 Å². The normalized spacial score (nSPS) is 10.7. The summed E-state index contributed by atoms with van der Waals surface area (Å²) in [7, 11) is 3.19. The predicted molar refractivity (Wildman–Crippen MR) is 148 cm³/mol. The topological polar surface area (TPSA) is 118 Å². The number of benzene rings is 4. The van der Waals surface area contributed by atoms with Crippen molar-refractivity contribution < 1.29 is 23.8 Å². The molecule has 0 saturated carbocycles. The van der Waals surface area contributed by atoms with Crippen LogP contribution in [0.15, 0.2) is 91.0 Å². The lowest BCUT2D eigenvalue weighted by Gasteiger charge is -2.09. The molecular weight excluding hydrogens is 496 g/mol. The Bertz CT molecular complexity index is 1630. The van der Waals surface area contributed by atoms with Gasteiger partial charge < -0.3 is 29.8 Å². The molecular formula is C30H26N4O5. The number of nitrogens with two attached hydrogens (primary N) is 1. The van der Waals surface area contributed by atoms with Crippen molar-refractivity contribution in [3.63, 3.8) is 0 Å². The molecule has 0 aliphatic heterocycles. The zero-order chi connectivity index (χ0) is 27.4. The fourth-order valence-electron chi connectivity index (χ4n) is 4.14. The minimum Gasteiger partial charge on any atom is -0.497 e. The first-order valence-electron chi connectivity index (χ1n) is 12.1. The molecule has 9 nitrogen and oxygen atoms in total. The lowest BCUT2D eigenvalue weighted by atomic mass is 10.1. The summed E-state index contributed by atoms with van der Waals surface area (Å²) in [6.45, 7) is -0.0622. The van der Waals surface area contributed by atoms with E-state index >= 15 is 0 Å². The number of nitrogens with one attached hydrogen (secondary N) is 1. The van der Waals surface area contributed by atoms with E-state index in [1.54, 1.807) is 61.3 Å². The van der Waals surface area contributed by atoms with Crippen molar-refractivity contribution >= 4 is 28.5 Å². The van der Waals surface area contributed by atoms with Crippen LogP contribution in [0.1, 0.15) is 10.4 Å². The molecule has 1 heterocycles. The Morgan fingerprint density at radius 3 is 1.95 bits per heavy atom. The van der Waals surface area contributed by atoms with Crippen LogP contribution in [0.3, 0.4) is 0 Å². The zero-order valence-electron chi connectivity index (χ0n) is 21.4. The second kappa shape index (κ2) is 11.0. The molecule has 0 fully saturated rings. The number of carbonyl (C=O) groups is 2. The summed E-state index contributed by atoms with van der Waals surface area (Å²) in [6, 6.07) is 26.8. The van der Waals surface area contributed by atoms with Gasteiger partial charge in [0.05, 0.1) is 25.3 Å². The van der Waals surface area contributed by atoms with Gasteiger partial charge in [-0.2, -0.15) is 0 Å². The molecule has 0 unspecified atom stereocenters. The van der Waals surface area contributed by atoms with Gasteiger partial charge in [-0.25, -0.2) is 4.98 Å². The molecule has 5 aromatic rings. The summed E-state index contributed by atoms with van der Waals surface area (Å²) in [4.78, 5) is 29.5. The highest BCUT2D eigenvalue weighted by Crippen LogP contribution is 2.29. The summed E-state index contributed by atoms with van der Waals surface area (Å²) in [5, 5.41) is 2.87. The molecule has 0 radical (unpaired) electrons. The molecule has 1 aromatic heterocycles. The molecule has 0 spiro atoms. The third-order valence-corrected chi connectivity index (χ3v) is 6.08. The molecule has 9 heteroatoms. The maximum atomic E-state index is 12.9. The average Bonchev–Trinajstić information content (AvgIpc) is 3.31. The maximum Gasteiger partial charge on any atom is 0.255 e. The minimum atomic E-state index is -0.503. The zero-order valence-corrected chi connectivity index (χ0v) is 21.4. The van der Waals surface area contributed by atoms with Gasteiger partial charge in [0.2, 0.25) is 5.91 Å². The van der Waals surface area contributed by atoms with Crippen molar-refractivity contribution in [3.05, 3.63) is 96.6 Å². The Kier molecular flexibility index (Phi) is 7.13. The van der Waals surface area contributed by atoms with Crippen LogP contribution >= 0.6 is 0 Å². The number of ether oxygens (including phenoxy) is 3. The smallest absolute Gasteiger partial charge is 0.255 e. The third-order valence-electron chi connectivity index (χ3n) is 6.08. The average molecular weight is 523 g/mol. The number of fused-ring (bicyclic) bond motifs is 1. The van der Waals surface area contributed by atoms with E-state index < -0.39 is 5.91 Å². The van der Waals surface area contributed by atoms with Gasteiger partial charge >= 0.3 is 0 Å². The molecule has 0 atom stereocenters. The minimum absolute atomic E-state index is 0.0622. The van der Waals surface area contributed by atoms with Crippen LogP contribution in [-0.4, -0.2) is 35.6 Å². The fourth-order valence-corrected chi connectivity index (χ4v) is 4.14. The molecule has 196 valence electrons. The van der Waals surface area contributed by atoms with E-state index in [9.17, 15) is 9.59 Å². The molecule has 3 N–H and O–H groups in total. The van der Waals surface area contributed by atoms with Crippen molar-refractivity contribution in [2.24, 2.45) is 5.73 Å². The molecule has 39 heavy (non-hydrogen) atoms. The number of nitrogens with zero attached hydrogens (tertiary/aromatic N) is 2. The number of anilines is 1. The monoisotopic (exact) mass is 522 g/mol. The van der Waals surface area contributed by atoms with E-state index in [1.807, 2.05) is 48.5 Å². The maximum absolute atomic E-state index is 12.9. The lowest BCUT2D eigenvalue weighted by Crippen LogP contribution is -2.19. The van der Waals surface area contributed by atoms with Gasteiger partial charge in [0, 0.05) is 16.8 Å². The highest BCUT2D eigenvalue weighted by Gasteiger charge is 2.17. The molecule has 4 aromatic carbocycles. The number of rotatable bonds is 9. The highest BCUT2D eigenvalue weighted by atomic mass is 16.5. The molecule has 0 saturated heterocycles. The number of hydrogen-bond acceptors (Lipinski definition) is 6. The van der Waals surface area contributed by atoms with E-state index in [0.717, 1.165) is 11.3 Å². The first kappa shape index (κ1) is 25.3. The Balaban J connectivity index is 1.41. The van der Waals surface area contributed by atoms with Crippen molar-refractivity contribution in [2.75, 3.05) is 19.5 Å². The summed E-state index contributed by atoms with van der Waals surface area (Å²) < 4.78 is 18.0. The Labute approximate surface area is 224 Å². The quantitative estimate of drug-likeness (QED) is 0.273. The SMILES string of the molecule is COc1ccc(NC(=O)c2ccc3c(c2)nc(-c2ccc(Oc4ccc(OC)cc4)cc2)n3CC(N)=O)cc1. The Morgan fingerprint density at radius 1 is 0.795 bits per heavy atom. The summed E-state index contributed by atoms with van der Waals surface area (Å²) in [5.74, 6) is 2.51. The van der Waals surface area contributed by atoms with E-state index in [2.05, 4.69) is 5.32 Å². The summed E-state index contributed by atoms with van der Waals surface area (Å²) in [6.07, 6.45) is 0. The van der Waals surface area contributed by atoms with Crippen LogP contribution in [-0.2, 0) is 11.3 Å². The summed E-state index contributed by atoms with van der Waals surface area (Å²) >= 11 is 0. The van der Waals surface area contributed by atoms with E-state index in [-0.39, 0.29) is 12.5 Å². The highest BCUT2D eigenvalue weighted by molar-refractivity contribution is 6.06. The first-order valence-corrected chi connectivity index (χ1v) is 12.1. The number of hydrogen-bond donors (Lipinski definition) is 2. The van der Waals surface area contributed by atoms with E-state index in [4.69, 9.17) is 24.9 Å². The van der Waals surface area contributed by atoms with Gasteiger partial charge in [0.1, 0.15) is 35.4 Å². The Morgan fingerprint density at radius 2 is 1.36 bits per heavy atom. The largest absolute Gasteiger partial charge is 0.497 e. The number of carbonyl (C=O) groups excluding carboxylic acids is 2. The van der Waals surface area contributed by atoms with Gasteiger partial charge in [0.15, 0.2) is 0 Å². The molecule has 0 aliphatic carbocycles. The number of aromatic nitrogens is 2. The first-order chi connectivity index (χ1) is 18.9. The molecule has 5 rings (SSSR count). The van der Waals surface area contributed by atoms with Crippen molar-refractivity contribution in [1.82, 2.24) is 9.55 Å². The van der Waals surface area contributed by atoms with Crippen LogP contribution < -0.4 is 25.3 Å². The van der Waals surface area contributed by atoms with Crippen LogP contribution in [0.4, 0.5) is 5.69 Å². The van der Waals surface area contributed by atoms with Gasteiger partial charge in [-0.3, -0.25) is 9.59 Å². The molecule has 0 bridgehead atoms. The Hall–Kier alpha value is -5.31. The van der Waals surface area contributed by atoms with Gasteiger partial charge in [-0.1, -0.05) is 0 Å². The summed E-state index contributed by atoms with van der Waals surface area (Å²) in [5.41, 5.74) is 8.62. The predicted octanol–water partition coefficient (Wildman–Crippen LogP) is 5.25. The second-order valence-electron chi connectivity index (χ2n) is 8.68. The van der Waals surface area contributed by atoms with Crippen LogP contribution in [0.5, 0.6) is 23.0 Å². The van der Waals surface area contributed by atoms with Gasteiger partial charge in [-0.15, -0.1) is 0 Å². The number of amides is 2. The molecule has 2 amide bonds. The van der Waals surface area contributed by atoms with Crippen LogP contribution in [0, 0.1) is 0 Å². The van der Waals surface area contributed by atoms with E-state index in [0.29, 0.717) is 45.4 Å². The van der Waals surface area contributed by atoms with Gasteiger partial charge in [-0.05, 0) is 91.0 Å². The van der Waals surface area contributed by atoms with Gasteiger partial charge in [0.25, 0.3) is 5.91 Å². The number of methoxy groups -OCH3 is 2. The van der Waals surface area contributed by atoms with Crippen LogP contribution in [0.2, 0.25) is 0 Å². The number of imidazole rings is 1. The lowest BCUT2D eigenvalue weighted by molar-refractivity contribution is -0.118. The molecule has 0 aliphatic rings. The van der Waals surface area contributed by atoms with Crippen molar-refractivity contribution in [3.8, 4) is 34.4 Å². The third kappa shape index (κ3) is 5.67. The van der Waals surface area contributed by atoms with Crippen molar-refractivity contribution in [1.29, 1.82) is 0 Å².